The average molecular weight is 344 g/mol. The number of nitriles is 1. The molecule has 0 unspecified atom stereocenters. The highest BCUT2D eigenvalue weighted by Crippen LogP contribution is 2.25. The predicted octanol–water partition coefficient (Wildman–Crippen LogP) is 2.24. The number of aryl methyl sites for hydroxylation is 1. The molecule has 24 heavy (non-hydrogen) atoms. The molecule has 0 radical (unpaired) electrons. The molecular formula is C15H12N4O4S. The van der Waals surface area contributed by atoms with Crippen molar-refractivity contribution in [1.82, 2.24) is 10.3 Å². The van der Waals surface area contributed by atoms with Crippen LogP contribution in [-0.2, 0) is 16.6 Å². The van der Waals surface area contributed by atoms with Crippen LogP contribution < -0.4 is 4.31 Å². The summed E-state index contributed by atoms with van der Waals surface area (Å²) in [6.07, 6.45) is 1.35. The first kappa shape index (κ1) is 15.8. The van der Waals surface area contributed by atoms with Gasteiger partial charge < -0.3 is 9.05 Å². The minimum Gasteiger partial charge on any atom is -0.364 e. The Bertz CT molecular complexity index is 987. The molecule has 0 spiro atoms. The number of rotatable bonds is 5. The van der Waals surface area contributed by atoms with E-state index in [1.54, 1.807) is 13.0 Å². The molecule has 0 atom stereocenters. The highest BCUT2D eigenvalue weighted by Gasteiger charge is 2.28. The third-order valence-corrected chi connectivity index (χ3v) is 4.97. The molecule has 1 aromatic carbocycles. The van der Waals surface area contributed by atoms with Gasteiger partial charge in [0.25, 0.3) is 10.0 Å². The molecule has 8 nitrogen and oxygen atoms in total. The molecule has 0 aliphatic carbocycles. The van der Waals surface area contributed by atoms with Crippen LogP contribution in [0, 0.1) is 18.3 Å². The van der Waals surface area contributed by atoms with E-state index in [0.29, 0.717) is 11.5 Å². The van der Waals surface area contributed by atoms with Gasteiger partial charge in [0.2, 0.25) is 0 Å². The van der Waals surface area contributed by atoms with E-state index in [1.807, 2.05) is 6.07 Å². The monoisotopic (exact) mass is 344 g/mol. The second-order valence-electron chi connectivity index (χ2n) is 4.94. The number of sulfonamides is 1. The van der Waals surface area contributed by atoms with Crippen LogP contribution >= 0.6 is 0 Å². The van der Waals surface area contributed by atoms with Gasteiger partial charge in [-0.2, -0.15) is 5.26 Å². The van der Waals surface area contributed by atoms with E-state index in [1.165, 1.54) is 36.6 Å². The van der Waals surface area contributed by atoms with Gasteiger partial charge in [-0.25, -0.2) is 12.7 Å². The lowest BCUT2D eigenvalue weighted by Gasteiger charge is -2.20. The van der Waals surface area contributed by atoms with Gasteiger partial charge in [0.15, 0.2) is 5.82 Å². The first-order chi connectivity index (χ1) is 11.5. The van der Waals surface area contributed by atoms with Gasteiger partial charge in [0, 0.05) is 12.1 Å². The largest absolute Gasteiger partial charge is 0.364 e. The Morgan fingerprint density at radius 2 is 2.08 bits per heavy atom. The fourth-order valence-corrected chi connectivity index (χ4v) is 3.49. The van der Waals surface area contributed by atoms with Crippen LogP contribution in [0.5, 0.6) is 0 Å². The molecule has 0 saturated carbocycles. The topological polar surface area (TPSA) is 113 Å². The summed E-state index contributed by atoms with van der Waals surface area (Å²) < 4.78 is 36.8. The lowest BCUT2D eigenvalue weighted by molar-refractivity contribution is 0.397. The summed E-state index contributed by atoms with van der Waals surface area (Å²) in [6.45, 7) is 1.58. The highest BCUT2D eigenvalue weighted by molar-refractivity contribution is 7.92. The van der Waals surface area contributed by atoms with Crippen molar-refractivity contribution in [3.8, 4) is 6.07 Å². The number of benzene rings is 1. The first-order valence-electron chi connectivity index (χ1n) is 6.86. The number of anilines is 1. The van der Waals surface area contributed by atoms with E-state index in [9.17, 15) is 8.42 Å². The molecule has 0 fully saturated rings. The summed E-state index contributed by atoms with van der Waals surface area (Å²) in [5.74, 6) is 0.592. The van der Waals surface area contributed by atoms with Crippen molar-refractivity contribution in [2.75, 3.05) is 4.31 Å². The molecule has 3 rings (SSSR count). The van der Waals surface area contributed by atoms with Crippen LogP contribution in [0.25, 0.3) is 0 Å². The Balaban J connectivity index is 2.08. The summed E-state index contributed by atoms with van der Waals surface area (Å²) in [5, 5.41) is 16.5. The summed E-state index contributed by atoms with van der Waals surface area (Å²) >= 11 is 0. The van der Waals surface area contributed by atoms with Crippen LogP contribution in [0.4, 0.5) is 5.82 Å². The van der Waals surface area contributed by atoms with Crippen molar-refractivity contribution in [3.05, 3.63) is 59.7 Å². The van der Waals surface area contributed by atoms with Crippen LogP contribution in [-0.4, -0.2) is 18.7 Å². The lowest BCUT2D eigenvalue weighted by Crippen LogP contribution is -2.31. The standard InChI is InChI=1S/C15H12N4O4S/c1-11-7-15(18-23-11)19(10-13-5-6-22-17-13)24(20,21)14-4-2-3-12(8-14)9-16/h2-8H,10H2,1H3. The Hall–Kier alpha value is -3.12. The van der Waals surface area contributed by atoms with Crippen LogP contribution in [0.3, 0.4) is 0 Å². The molecule has 3 aromatic rings. The summed E-state index contributed by atoms with van der Waals surface area (Å²) in [6, 6.07) is 10.7. The van der Waals surface area contributed by atoms with Crippen molar-refractivity contribution in [2.24, 2.45) is 0 Å². The third-order valence-electron chi connectivity index (χ3n) is 3.22. The summed E-state index contributed by atoms with van der Waals surface area (Å²) in [5.41, 5.74) is 0.657. The van der Waals surface area contributed by atoms with Crippen LogP contribution in [0.1, 0.15) is 17.0 Å². The zero-order valence-electron chi connectivity index (χ0n) is 12.6. The first-order valence-corrected chi connectivity index (χ1v) is 8.30. The van der Waals surface area contributed by atoms with Crippen molar-refractivity contribution in [1.29, 1.82) is 5.26 Å². The van der Waals surface area contributed by atoms with E-state index in [0.717, 1.165) is 4.31 Å². The highest BCUT2D eigenvalue weighted by atomic mass is 32.2. The van der Waals surface area contributed by atoms with Gasteiger partial charge >= 0.3 is 0 Å². The number of nitrogens with zero attached hydrogens (tertiary/aromatic N) is 4. The maximum atomic E-state index is 13.0. The zero-order chi connectivity index (χ0) is 17.2. The third kappa shape index (κ3) is 3.00. The Morgan fingerprint density at radius 1 is 1.25 bits per heavy atom. The number of hydrogen-bond acceptors (Lipinski definition) is 7. The average Bonchev–Trinajstić information content (AvgIpc) is 3.24. The van der Waals surface area contributed by atoms with Crippen LogP contribution in [0.15, 0.2) is 56.6 Å². The van der Waals surface area contributed by atoms with E-state index in [-0.39, 0.29) is 22.8 Å². The van der Waals surface area contributed by atoms with Gasteiger partial charge in [-0.05, 0) is 25.1 Å². The summed E-state index contributed by atoms with van der Waals surface area (Å²) in [4.78, 5) is -0.0225. The maximum absolute atomic E-state index is 13.0. The molecule has 0 aliphatic heterocycles. The van der Waals surface area contributed by atoms with Gasteiger partial charge in [0.1, 0.15) is 17.7 Å². The van der Waals surface area contributed by atoms with E-state index in [2.05, 4.69) is 10.3 Å². The number of aromatic nitrogens is 2. The Morgan fingerprint density at radius 3 is 2.71 bits per heavy atom. The van der Waals surface area contributed by atoms with Crippen molar-refractivity contribution < 1.29 is 17.5 Å². The van der Waals surface area contributed by atoms with Crippen molar-refractivity contribution in [2.45, 2.75) is 18.4 Å². The predicted molar refractivity (Wildman–Crippen MR) is 82.3 cm³/mol. The van der Waals surface area contributed by atoms with Crippen molar-refractivity contribution >= 4 is 15.8 Å². The normalized spacial score (nSPS) is 11.2. The zero-order valence-corrected chi connectivity index (χ0v) is 13.4. The molecule has 0 amide bonds. The molecule has 9 heteroatoms. The van der Waals surface area contributed by atoms with E-state index < -0.39 is 10.0 Å². The smallest absolute Gasteiger partial charge is 0.265 e. The molecule has 122 valence electrons. The molecule has 0 bridgehead atoms. The fourth-order valence-electron chi connectivity index (χ4n) is 2.08. The second kappa shape index (κ2) is 6.17. The molecule has 0 aliphatic rings. The SMILES string of the molecule is Cc1cc(N(Cc2ccon2)S(=O)(=O)c2cccc(C#N)c2)no1. The maximum Gasteiger partial charge on any atom is 0.265 e. The van der Waals surface area contributed by atoms with Gasteiger partial charge in [-0.15, -0.1) is 0 Å². The lowest BCUT2D eigenvalue weighted by atomic mass is 10.2. The summed E-state index contributed by atoms with van der Waals surface area (Å²) in [7, 11) is -3.97. The fraction of sp³-hybridized carbons (Fsp3) is 0.133. The van der Waals surface area contributed by atoms with Gasteiger partial charge in [0.05, 0.1) is 23.1 Å². The Kier molecular flexibility index (Phi) is 4.05. The molecule has 2 heterocycles. The van der Waals surface area contributed by atoms with E-state index >= 15 is 0 Å². The molecule has 0 saturated heterocycles. The van der Waals surface area contributed by atoms with Gasteiger partial charge in [-0.1, -0.05) is 16.4 Å². The van der Waals surface area contributed by atoms with E-state index in [4.69, 9.17) is 14.3 Å². The molecule has 2 aromatic heterocycles. The number of hydrogen-bond donors (Lipinski definition) is 0. The minimum absolute atomic E-state index is 0.0225. The minimum atomic E-state index is -3.97. The van der Waals surface area contributed by atoms with Gasteiger partial charge in [-0.3, -0.25) is 0 Å². The quantitative estimate of drug-likeness (QED) is 0.697. The van der Waals surface area contributed by atoms with Crippen molar-refractivity contribution in [3.63, 3.8) is 0 Å². The molecular weight excluding hydrogens is 332 g/mol. The van der Waals surface area contributed by atoms with Crippen LogP contribution in [0.2, 0.25) is 0 Å². The Labute approximate surface area is 137 Å². The molecule has 0 N–H and O–H groups in total. The second-order valence-corrected chi connectivity index (χ2v) is 6.80.